The molecule has 4 nitrogen and oxygen atoms in total. The van der Waals surface area contributed by atoms with Crippen molar-refractivity contribution in [3.8, 4) is 0 Å². The topological polar surface area (TPSA) is 67.2 Å². The third-order valence-corrected chi connectivity index (χ3v) is 3.20. The van der Waals surface area contributed by atoms with Gasteiger partial charge in [-0.25, -0.2) is 0 Å². The van der Waals surface area contributed by atoms with Gasteiger partial charge in [0.15, 0.2) is 0 Å². The maximum atomic E-state index is 11.5. The minimum Gasteiger partial charge on any atom is -0.355 e. The summed E-state index contributed by atoms with van der Waals surface area (Å²) in [5, 5.41) is 6.29. The Labute approximate surface area is 84.6 Å². The maximum absolute atomic E-state index is 11.5. The molecule has 14 heavy (non-hydrogen) atoms. The Balaban J connectivity index is 1.81. The first-order chi connectivity index (χ1) is 6.75. The van der Waals surface area contributed by atoms with Crippen LogP contribution in [0, 0.1) is 0 Å². The lowest BCUT2D eigenvalue weighted by Gasteiger charge is -2.26. The molecular formula is C10H19N3O. The van der Waals surface area contributed by atoms with E-state index in [2.05, 4.69) is 10.6 Å². The van der Waals surface area contributed by atoms with Crippen LogP contribution < -0.4 is 16.4 Å². The molecule has 1 heterocycles. The summed E-state index contributed by atoms with van der Waals surface area (Å²) in [6.45, 7) is 0.835. The Kier molecular flexibility index (Phi) is 3.03. The van der Waals surface area contributed by atoms with Crippen molar-refractivity contribution in [2.75, 3.05) is 6.54 Å². The smallest absolute Gasteiger partial charge is 0.237 e. The lowest BCUT2D eigenvalue weighted by atomic mass is 10.1. The second-order valence-electron chi connectivity index (χ2n) is 4.42. The summed E-state index contributed by atoms with van der Waals surface area (Å²) in [4.78, 5) is 11.5. The monoisotopic (exact) mass is 197 g/mol. The molecular weight excluding hydrogens is 178 g/mol. The second kappa shape index (κ2) is 4.28. The van der Waals surface area contributed by atoms with Gasteiger partial charge in [-0.3, -0.25) is 4.79 Å². The first-order valence-corrected chi connectivity index (χ1v) is 5.55. The maximum Gasteiger partial charge on any atom is 0.237 e. The molecule has 4 N–H and O–H groups in total. The third kappa shape index (κ3) is 2.25. The summed E-state index contributed by atoms with van der Waals surface area (Å²) in [6, 6.07) is 0.817. The van der Waals surface area contributed by atoms with Crippen LogP contribution in [-0.4, -0.2) is 30.6 Å². The predicted molar refractivity (Wildman–Crippen MR) is 54.8 cm³/mol. The number of carbonyl (C=O) groups excluding carboxylic acids is 1. The molecule has 2 aliphatic rings. The van der Waals surface area contributed by atoms with E-state index in [1.54, 1.807) is 0 Å². The van der Waals surface area contributed by atoms with Gasteiger partial charge in [0.25, 0.3) is 0 Å². The Morgan fingerprint density at radius 2 is 2.21 bits per heavy atom. The van der Waals surface area contributed by atoms with Crippen molar-refractivity contribution in [3.63, 3.8) is 0 Å². The van der Waals surface area contributed by atoms with Crippen molar-refractivity contribution in [2.24, 2.45) is 5.73 Å². The Bertz CT molecular complexity index is 219. The zero-order chi connectivity index (χ0) is 9.97. The van der Waals surface area contributed by atoms with E-state index in [0.29, 0.717) is 12.1 Å². The second-order valence-corrected chi connectivity index (χ2v) is 4.42. The molecule has 0 radical (unpaired) electrons. The predicted octanol–water partition coefficient (Wildman–Crippen LogP) is -0.266. The van der Waals surface area contributed by atoms with E-state index in [9.17, 15) is 4.79 Å². The number of nitrogens with one attached hydrogen (secondary N) is 2. The van der Waals surface area contributed by atoms with Gasteiger partial charge in [0, 0.05) is 18.6 Å². The van der Waals surface area contributed by atoms with Crippen molar-refractivity contribution >= 4 is 5.91 Å². The van der Waals surface area contributed by atoms with Crippen molar-refractivity contribution < 1.29 is 4.79 Å². The lowest BCUT2D eigenvalue weighted by Crippen LogP contribution is -2.51. The van der Waals surface area contributed by atoms with Crippen LogP contribution in [0.4, 0.5) is 0 Å². The number of hydrogen-bond acceptors (Lipinski definition) is 3. The molecule has 0 aromatic rings. The highest BCUT2D eigenvalue weighted by Gasteiger charge is 2.28. The van der Waals surface area contributed by atoms with Gasteiger partial charge in [0.05, 0.1) is 6.04 Å². The highest BCUT2D eigenvalue weighted by Crippen LogP contribution is 2.18. The molecule has 0 aromatic carbocycles. The van der Waals surface area contributed by atoms with E-state index in [0.717, 1.165) is 38.6 Å². The van der Waals surface area contributed by atoms with Crippen LogP contribution in [0.15, 0.2) is 0 Å². The molecule has 2 fully saturated rings. The fourth-order valence-electron chi connectivity index (χ4n) is 2.38. The van der Waals surface area contributed by atoms with E-state index < -0.39 is 0 Å². The number of rotatable bonds is 2. The van der Waals surface area contributed by atoms with Crippen LogP contribution in [0.25, 0.3) is 0 Å². The molecule has 3 unspecified atom stereocenters. The summed E-state index contributed by atoms with van der Waals surface area (Å²) >= 11 is 0. The quantitative estimate of drug-likeness (QED) is 0.571. The molecule has 1 amide bonds. The first-order valence-electron chi connectivity index (χ1n) is 5.55. The Morgan fingerprint density at radius 3 is 2.86 bits per heavy atom. The zero-order valence-electron chi connectivity index (χ0n) is 8.46. The van der Waals surface area contributed by atoms with Crippen molar-refractivity contribution in [2.45, 2.75) is 50.2 Å². The fraction of sp³-hybridized carbons (Fsp3) is 0.900. The summed E-state index contributed by atoms with van der Waals surface area (Å²) in [7, 11) is 0. The van der Waals surface area contributed by atoms with Crippen LogP contribution in [0.2, 0.25) is 0 Å². The molecule has 1 aliphatic heterocycles. The van der Waals surface area contributed by atoms with E-state index >= 15 is 0 Å². The summed E-state index contributed by atoms with van der Waals surface area (Å²) in [6.07, 6.45) is 5.28. The number of nitrogens with two attached hydrogens (primary N) is 1. The average Bonchev–Trinajstić information content (AvgIpc) is 2.56. The normalized spacial score (nSPS) is 38.4. The van der Waals surface area contributed by atoms with Gasteiger partial charge in [-0.15, -0.1) is 0 Å². The first kappa shape index (κ1) is 9.93. The third-order valence-electron chi connectivity index (χ3n) is 3.20. The van der Waals surface area contributed by atoms with Gasteiger partial charge < -0.3 is 16.4 Å². The molecule has 0 aromatic heterocycles. The van der Waals surface area contributed by atoms with Gasteiger partial charge >= 0.3 is 0 Å². The largest absolute Gasteiger partial charge is 0.355 e. The Hall–Kier alpha value is -0.610. The summed E-state index contributed by atoms with van der Waals surface area (Å²) < 4.78 is 0. The molecule has 0 bridgehead atoms. The minimum atomic E-state index is 0.0269. The highest BCUT2D eigenvalue weighted by atomic mass is 16.2. The SMILES string of the molecule is NC1CCC(NC2CCCNC2=O)C1. The van der Waals surface area contributed by atoms with E-state index in [1.807, 2.05) is 0 Å². The van der Waals surface area contributed by atoms with Gasteiger partial charge in [-0.2, -0.15) is 0 Å². The molecule has 1 saturated carbocycles. The van der Waals surface area contributed by atoms with E-state index in [-0.39, 0.29) is 11.9 Å². The zero-order valence-corrected chi connectivity index (χ0v) is 8.46. The van der Waals surface area contributed by atoms with Crippen molar-refractivity contribution in [1.29, 1.82) is 0 Å². The summed E-state index contributed by atoms with van der Waals surface area (Å²) in [5.74, 6) is 0.164. The molecule has 2 rings (SSSR count). The molecule has 3 atom stereocenters. The fourth-order valence-corrected chi connectivity index (χ4v) is 2.38. The molecule has 4 heteroatoms. The lowest BCUT2D eigenvalue weighted by molar-refractivity contribution is -0.124. The Morgan fingerprint density at radius 1 is 1.36 bits per heavy atom. The number of hydrogen-bond donors (Lipinski definition) is 3. The number of amides is 1. The average molecular weight is 197 g/mol. The molecule has 0 spiro atoms. The van der Waals surface area contributed by atoms with E-state index in [4.69, 9.17) is 5.73 Å². The van der Waals surface area contributed by atoms with Crippen molar-refractivity contribution in [3.05, 3.63) is 0 Å². The van der Waals surface area contributed by atoms with E-state index in [1.165, 1.54) is 0 Å². The van der Waals surface area contributed by atoms with Crippen LogP contribution in [0.5, 0.6) is 0 Å². The van der Waals surface area contributed by atoms with Gasteiger partial charge in [0.1, 0.15) is 0 Å². The van der Waals surface area contributed by atoms with Crippen LogP contribution in [-0.2, 0) is 4.79 Å². The minimum absolute atomic E-state index is 0.0269. The van der Waals surface area contributed by atoms with Gasteiger partial charge in [-0.05, 0) is 32.1 Å². The highest BCUT2D eigenvalue weighted by molar-refractivity contribution is 5.82. The van der Waals surface area contributed by atoms with Crippen LogP contribution >= 0.6 is 0 Å². The van der Waals surface area contributed by atoms with Crippen molar-refractivity contribution in [1.82, 2.24) is 10.6 Å². The van der Waals surface area contributed by atoms with Gasteiger partial charge in [0.2, 0.25) is 5.91 Å². The van der Waals surface area contributed by atoms with Crippen LogP contribution in [0.1, 0.15) is 32.1 Å². The summed E-state index contributed by atoms with van der Waals surface area (Å²) in [5.41, 5.74) is 5.82. The molecule has 1 aliphatic carbocycles. The molecule has 1 saturated heterocycles. The van der Waals surface area contributed by atoms with Crippen LogP contribution in [0.3, 0.4) is 0 Å². The standard InChI is InChI=1S/C10H19N3O/c11-7-3-4-8(6-7)13-9-2-1-5-12-10(9)14/h7-9,13H,1-6,11H2,(H,12,14). The number of carbonyl (C=O) groups is 1. The molecule has 80 valence electrons. The number of piperidine rings is 1. The van der Waals surface area contributed by atoms with Gasteiger partial charge in [-0.1, -0.05) is 0 Å².